The molecule has 0 radical (unpaired) electrons. The number of ether oxygens (including phenoxy) is 2. The van der Waals surface area contributed by atoms with E-state index in [-0.39, 0.29) is 24.0 Å². The number of thiazole rings is 1. The smallest absolute Gasteiger partial charge is 0.258 e. The van der Waals surface area contributed by atoms with E-state index in [2.05, 4.69) is 4.98 Å². The molecular formula is C19H19FN2O3S. The van der Waals surface area contributed by atoms with Crippen molar-refractivity contribution in [2.75, 3.05) is 31.8 Å². The number of rotatable bonds is 7. The lowest BCUT2D eigenvalue weighted by molar-refractivity contribution is 0.0991. The fourth-order valence-corrected chi connectivity index (χ4v) is 3.23. The van der Waals surface area contributed by atoms with Gasteiger partial charge in [-0.15, -0.1) is 11.3 Å². The summed E-state index contributed by atoms with van der Waals surface area (Å²) in [5.41, 5.74) is 3.20. The van der Waals surface area contributed by atoms with Gasteiger partial charge in [0, 0.05) is 19.2 Å². The Kier molecular flexibility index (Phi) is 5.80. The van der Waals surface area contributed by atoms with Crippen molar-refractivity contribution in [3.05, 3.63) is 53.3 Å². The molecule has 0 spiro atoms. The number of nitrogens with zero attached hydrogens (tertiary/aromatic N) is 2. The van der Waals surface area contributed by atoms with Crippen LogP contribution in [-0.4, -0.2) is 37.8 Å². The molecule has 2 aromatic carbocycles. The molecule has 0 N–H and O–H groups in total. The molecule has 0 fully saturated rings. The second-order valence-corrected chi connectivity index (χ2v) is 6.42. The number of anilines is 1. The normalized spacial score (nSPS) is 10.9. The quantitative estimate of drug-likeness (QED) is 0.584. The van der Waals surface area contributed by atoms with Gasteiger partial charge < -0.3 is 14.4 Å². The summed E-state index contributed by atoms with van der Waals surface area (Å²) in [7, 11) is 1.54. The Labute approximate surface area is 155 Å². The molecule has 3 aromatic rings. The second-order valence-electron chi connectivity index (χ2n) is 5.53. The highest BCUT2D eigenvalue weighted by atomic mass is 32.1. The van der Waals surface area contributed by atoms with Crippen molar-refractivity contribution in [2.45, 2.75) is 6.92 Å². The fraction of sp³-hybridized carbons (Fsp3) is 0.263. The van der Waals surface area contributed by atoms with Crippen molar-refractivity contribution in [2.24, 2.45) is 0 Å². The van der Waals surface area contributed by atoms with Crippen LogP contribution in [0.1, 0.15) is 17.3 Å². The molecule has 0 aliphatic rings. The van der Waals surface area contributed by atoms with Gasteiger partial charge in [0.05, 0.1) is 28.0 Å². The molecule has 0 aliphatic carbocycles. The van der Waals surface area contributed by atoms with Crippen LogP contribution in [0.3, 0.4) is 0 Å². The third-order valence-corrected chi connectivity index (χ3v) is 4.67. The van der Waals surface area contributed by atoms with E-state index in [1.807, 2.05) is 6.92 Å². The third kappa shape index (κ3) is 3.84. The van der Waals surface area contributed by atoms with Crippen LogP contribution in [0.4, 0.5) is 10.1 Å². The molecular weight excluding hydrogens is 355 g/mol. The molecule has 0 bridgehead atoms. The molecule has 0 unspecified atom stereocenters. The highest BCUT2D eigenvalue weighted by molar-refractivity contribution is 7.16. The Morgan fingerprint density at radius 2 is 2.12 bits per heavy atom. The second kappa shape index (κ2) is 8.25. The minimum atomic E-state index is -0.571. The highest BCUT2D eigenvalue weighted by Gasteiger charge is 2.19. The average molecular weight is 374 g/mol. The van der Waals surface area contributed by atoms with Crippen LogP contribution in [0.2, 0.25) is 0 Å². The number of hydrogen-bond acceptors (Lipinski definition) is 5. The van der Waals surface area contributed by atoms with Gasteiger partial charge in [-0.2, -0.15) is 0 Å². The molecule has 5 nitrogen and oxygen atoms in total. The molecule has 0 saturated heterocycles. The molecule has 0 atom stereocenters. The van der Waals surface area contributed by atoms with E-state index in [1.165, 1.54) is 22.3 Å². The van der Waals surface area contributed by atoms with E-state index in [1.54, 1.807) is 42.9 Å². The van der Waals surface area contributed by atoms with Gasteiger partial charge in [-0.05, 0) is 37.3 Å². The Hall–Kier alpha value is -2.51. The zero-order valence-electron chi connectivity index (χ0n) is 14.6. The monoisotopic (exact) mass is 374 g/mol. The van der Waals surface area contributed by atoms with E-state index in [4.69, 9.17) is 9.47 Å². The number of fused-ring (bicyclic) bond motifs is 1. The van der Waals surface area contributed by atoms with Crippen LogP contribution >= 0.6 is 11.3 Å². The number of hydrogen-bond donors (Lipinski definition) is 0. The number of carbonyl (C=O) groups is 1. The summed E-state index contributed by atoms with van der Waals surface area (Å²) in [6, 6.07) is 9.99. The molecule has 7 heteroatoms. The Bertz CT molecular complexity index is 913. The van der Waals surface area contributed by atoms with Crippen LogP contribution in [-0.2, 0) is 4.74 Å². The summed E-state index contributed by atoms with van der Waals surface area (Å²) in [6.07, 6.45) is 0. The first kappa shape index (κ1) is 18.3. The summed E-state index contributed by atoms with van der Waals surface area (Å²) in [5.74, 6) is -0.774. The van der Waals surface area contributed by atoms with Crippen molar-refractivity contribution in [3.8, 4) is 5.75 Å². The zero-order chi connectivity index (χ0) is 18.5. The molecule has 136 valence electrons. The Morgan fingerprint density at radius 3 is 2.92 bits per heavy atom. The van der Waals surface area contributed by atoms with Gasteiger partial charge in [-0.25, -0.2) is 9.37 Å². The summed E-state index contributed by atoms with van der Waals surface area (Å²) in [4.78, 5) is 18.2. The number of carbonyl (C=O) groups excluding carboxylic acids is 1. The van der Waals surface area contributed by atoms with Crippen LogP contribution in [0, 0.1) is 5.82 Å². The number of halogens is 1. The van der Waals surface area contributed by atoms with Crippen LogP contribution in [0.5, 0.6) is 5.75 Å². The van der Waals surface area contributed by atoms with E-state index < -0.39 is 5.82 Å². The minimum absolute atomic E-state index is 0.0970. The number of amides is 1. The lowest BCUT2D eigenvalue weighted by Gasteiger charge is -2.19. The number of benzene rings is 2. The van der Waals surface area contributed by atoms with Crippen LogP contribution in [0.25, 0.3) is 10.2 Å². The summed E-state index contributed by atoms with van der Waals surface area (Å²) < 4.78 is 26.3. The van der Waals surface area contributed by atoms with Gasteiger partial charge in [0.2, 0.25) is 0 Å². The summed E-state index contributed by atoms with van der Waals surface area (Å²) in [5, 5.41) is 0. The first-order valence-electron chi connectivity index (χ1n) is 8.22. The predicted molar refractivity (Wildman–Crippen MR) is 101 cm³/mol. The van der Waals surface area contributed by atoms with Gasteiger partial charge in [-0.1, -0.05) is 6.07 Å². The predicted octanol–water partition coefficient (Wildman–Crippen LogP) is 4.13. The van der Waals surface area contributed by atoms with E-state index >= 15 is 0 Å². The minimum Gasteiger partial charge on any atom is -0.488 e. The molecule has 0 aliphatic heterocycles. The largest absolute Gasteiger partial charge is 0.488 e. The summed E-state index contributed by atoms with van der Waals surface area (Å²) >= 11 is 1.46. The maximum absolute atomic E-state index is 14.7. The maximum atomic E-state index is 14.7. The fourth-order valence-electron chi connectivity index (χ4n) is 2.52. The van der Waals surface area contributed by atoms with Crippen molar-refractivity contribution in [3.63, 3.8) is 0 Å². The lowest BCUT2D eigenvalue weighted by Crippen LogP contribution is -2.27. The first-order valence-corrected chi connectivity index (χ1v) is 9.10. The first-order chi connectivity index (χ1) is 12.6. The molecule has 3 rings (SSSR count). The Morgan fingerprint density at radius 1 is 1.27 bits per heavy atom. The van der Waals surface area contributed by atoms with Crippen molar-refractivity contribution < 1.29 is 18.7 Å². The lowest BCUT2D eigenvalue weighted by atomic mass is 10.1. The topological polar surface area (TPSA) is 51.7 Å². The SMILES string of the molecule is CCOCCOc1cccc(N(C)C(=O)c2ccc3ncsc3c2)c1F. The Balaban J connectivity index is 1.79. The zero-order valence-corrected chi connectivity index (χ0v) is 15.4. The van der Waals surface area contributed by atoms with E-state index in [0.717, 1.165) is 10.2 Å². The van der Waals surface area contributed by atoms with E-state index in [9.17, 15) is 9.18 Å². The average Bonchev–Trinajstić information content (AvgIpc) is 3.13. The maximum Gasteiger partial charge on any atom is 0.258 e. The summed E-state index contributed by atoms with van der Waals surface area (Å²) in [6.45, 7) is 3.08. The highest BCUT2D eigenvalue weighted by Crippen LogP contribution is 2.28. The third-order valence-electron chi connectivity index (χ3n) is 3.88. The van der Waals surface area contributed by atoms with Crippen molar-refractivity contribution in [1.82, 2.24) is 4.98 Å². The number of aromatic nitrogens is 1. The van der Waals surface area contributed by atoms with Gasteiger partial charge in [0.1, 0.15) is 6.61 Å². The molecule has 1 aromatic heterocycles. The van der Waals surface area contributed by atoms with Crippen LogP contribution in [0.15, 0.2) is 41.9 Å². The van der Waals surface area contributed by atoms with Gasteiger partial charge in [0.15, 0.2) is 11.6 Å². The van der Waals surface area contributed by atoms with Gasteiger partial charge in [-0.3, -0.25) is 4.79 Å². The molecule has 0 saturated carbocycles. The van der Waals surface area contributed by atoms with Crippen LogP contribution < -0.4 is 9.64 Å². The standard InChI is InChI=1S/C19H19FN2O3S/c1-3-24-9-10-25-16-6-4-5-15(18(16)20)22(2)19(23)13-7-8-14-17(11-13)26-12-21-14/h4-8,11-12H,3,9-10H2,1-2H3. The molecule has 26 heavy (non-hydrogen) atoms. The van der Waals surface area contributed by atoms with Gasteiger partial charge >= 0.3 is 0 Å². The van der Waals surface area contributed by atoms with Crippen molar-refractivity contribution in [1.29, 1.82) is 0 Å². The molecule has 1 amide bonds. The van der Waals surface area contributed by atoms with Crippen molar-refractivity contribution >= 4 is 33.1 Å². The van der Waals surface area contributed by atoms with Gasteiger partial charge in [0.25, 0.3) is 5.91 Å². The van der Waals surface area contributed by atoms with E-state index in [0.29, 0.717) is 18.8 Å². The molecule has 1 heterocycles.